The molecule has 1 aromatic heterocycles. The third kappa shape index (κ3) is 1.55. The molecule has 2 N–H and O–H groups in total. The number of pyridine rings is 1. The monoisotopic (exact) mass is 209 g/mol. The lowest BCUT2D eigenvalue weighted by molar-refractivity contribution is 0.386. The van der Waals surface area contributed by atoms with E-state index in [0.29, 0.717) is 5.39 Å². The SMILES string of the molecule is O=P(O)(O)c1nccc2ccccc12. The molecule has 0 spiro atoms. The smallest absolute Gasteiger partial charge is 0.320 e. The van der Waals surface area contributed by atoms with E-state index in [9.17, 15) is 4.57 Å². The van der Waals surface area contributed by atoms with Gasteiger partial charge in [0.2, 0.25) is 0 Å². The highest BCUT2D eigenvalue weighted by Crippen LogP contribution is 2.34. The van der Waals surface area contributed by atoms with Gasteiger partial charge in [-0.2, -0.15) is 0 Å². The maximum atomic E-state index is 11.1. The first-order valence-corrected chi connectivity index (χ1v) is 5.60. The Labute approximate surface area is 80.4 Å². The number of nitrogens with zero attached hydrogens (tertiary/aromatic N) is 1. The summed E-state index contributed by atoms with van der Waals surface area (Å²) in [5.41, 5.74) is -0.157. The molecule has 0 radical (unpaired) electrons. The van der Waals surface area contributed by atoms with Gasteiger partial charge in [-0.15, -0.1) is 0 Å². The molecule has 5 heteroatoms. The normalized spacial score (nSPS) is 11.9. The van der Waals surface area contributed by atoms with Gasteiger partial charge in [-0.1, -0.05) is 24.3 Å². The first-order valence-electron chi connectivity index (χ1n) is 3.99. The Kier molecular flexibility index (Phi) is 2.11. The summed E-state index contributed by atoms with van der Waals surface area (Å²) in [5, 5.41) is 1.28. The fraction of sp³-hybridized carbons (Fsp3) is 0. The van der Waals surface area contributed by atoms with Gasteiger partial charge in [0.15, 0.2) is 5.44 Å². The van der Waals surface area contributed by atoms with Crippen molar-refractivity contribution in [2.45, 2.75) is 0 Å². The predicted octanol–water partition coefficient (Wildman–Crippen LogP) is 1.04. The lowest BCUT2D eigenvalue weighted by Crippen LogP contribution is -2.09. The third-order valence-corrected chi connectivity index (χ3v) is 2.84. The molecule has 0 saturated carbocycles. The molecule has 0 bridgehead atoms. The second-order valence-corrected chi connectivity index (χ2v) is 4.41. The van der Waals surface area contributed by atoms with Crippen molar-refractivity contribution >= 4 is 23.8 Å². The molecule has 2 rings (SSSR count). The quantitative estimate of drug-likeness (QED) is 0.688. The van der Waals surface area contributed by atoms with Crippen LogP contribution < -0.4 is 5.44 Å². The molecule has 14 heavy (non-hydrogen) atoms. The molecule has 72 valence electrons. The fourth-order valence-corrected chi connectivity index (χ4v) is 2.07. The standard InChI is InChI=1S/C9H8NO3P/c11-14(12,13)9-8-4-2-1-3-7(8)5-6-10-9/h1-6H,(H2,11,12,13). The summed E-state index contributed by atoms with van der Waals surface area (Å²) in [4.78, 5) is 21.8. The third-order valence-electron chi connectivity index (χ3n) is 1.93. The van der Waals surface area contributed by atoms with E-state index >= 15 is 0 Å². The van der Waals surface area contributed by atoms with Gasteiger partial charge in [-0.05, 0) is 11.5 Å². The van der Waals surface area contributed by atoms with Crippen LogP contribution in [-0.4, -0.2) is 14.8 Å². The highest BCUT2D eigenvalue weighted by molar-refractivity contribution is 7.60. The number of fused-ring (bicyclic) bond motifs is 1. The van der Waals surface area contributed by atoms with E-state index in [2.05, 4.69) is 4.98 Å². The predicted molar refractivity (Wildman–Crippen MR) is 53.4 cm³/mol. The molecule has 0 aliphatic rings. The molecule has 0 fully saturated rings. The average molecular weight is 209 g/mol. The van der Waals surface area contributed by atoms with Crippen LogP contribution in [0, 0.1) is 0 Å². The van der Waals surface area contributed by atoms with Crippen molar-refractivity contribution in [2.24, 2.45) is 0 Å². The molecular weight excluding hydrogens is 201 g/mol. The van der Waals surface area contributed by atoms with Crippen molar-refractivity contribution in [1.29, 1.82) is 0 Å². The van der Waals surface area contributed by atoms with Gasteiger partial charge in [0.1, 0.15) is 0 Å². The summed E-state index contributed by atoms with van der Waals surface area (Å²) in [5.74, 6) is 0. The van der Waals surface area contributed by atoms with E-state index in [1.54, 1.807) is 24.3 Å². The van der Waals surface area contributed by atoms with Gasteiger partial charge >= 0.3 is 7.60 Å². The zero-order chi connectivity index (χ0) is 10.2. The van der Waals surface area contributed by atoms with E-state index in [1.165, 1.54) is 6.20 Å². The van der Waals surface area contributed by atoms with Crippen LogP contribution in [0.25, 0.3) is 10.8 Å². The highest BCUT2D eigenvalue weighted by atomic mass is 31.2. The summed E-state index contributed by atoms with van der Waals surface area (Å²) < 4.78 is 11.1. The van der Waals surface area contributed by atoms with Crippen molar-refractivity contribution < 1.29 is 14.4 Å². The molecule has 0 aliphatic heterocycles. The second kappa shape index (κ2) is 3.17. The summed E-state index contributed by atoms with van der Waals surface area (Å²) in [7, 11) is -4.27. The second-order valence-electron chi connectivity index (χ2n) is 2.90. The van der Waals surface area contributed by atoms with Gasteiger partial charge in [-0.3, -0.25) is 4.57 Å². The van der Waals surface area contributed by atoms with E-state index in [0.717, 1.165) is 5.39 Å². The molecule has 4 nitrogen and oxygen atoms in total. The maximum absolute atomic E-state index is 11.1. The molecule has 2 aromatic rings. The summed E-state index contributed by atoms with van der Waals surface area (Å²) in [6.45, 7) is 0. The Bertz CT molecular complexity index is 515. The zero-order valence-electron chi connectivity index (χ0n) is 7.16. The van der Waals surface area contributed by atoms with Gasteiger partial charge in [0.25, 0.3) is 0 Å². The zero-order valence-corrected chi connectivity index (χ0v) is 8.06. The number of rotatable bonds is 1. The molecule has 1 aromatic carbocycles. The van der Waals surface area contributed by atoms with Crippen LogP contribution in [0.4, 0.5) is 0 Å². The van der Waals surface area contributed by atoms with Gasteiger partial charge in [0, 0.05) is 11.6 Å². The van der Waals surface area contributed by atoms with Crippen molar-refractivity contribution in [3.63, 3.8) is 0 Å². The van der Waals surface area contributed by atoms with E-state index in [-0.39, 0.29) is 5.44 Å². The first kappa shape index (κ1) is 9.34. The van der Waals surface area contributed by atoms with Gasteiger partial charge in [-0.25, -0.2) is 4.98 Å². The molecule has 0 atom stereocenters. The fourth-order valence-electron chi connectivity index (χ4n) is 1.34. The lowest BCUT2D eigenvalue weighted by Gasteiger charge is -2.05. The van der Waals surface area contributed by atoms with E-state index < -0.39 is 7.60 Å². The number of hydrogen-bond acceptors (Lipinski definition) is 2. The first-order chi connectivity index (χ1) is 6.59. The Hall–Kier alpha value is -1.22. The van der Waals surface area contributed by atoms with Gasteiger partial charge in [0.05, 0.1) is 0 Å². The van der Waals surface area contributed by atoms with Crippen LogP contribution in [0.5, 0.6) is 0 Å². The van der Waals surface area contributed by atoms with Crippen molar-refractivity contribution in [3.8, 4) is 0 Å². The molecule has 0 amide bonds. The van der Waals surface area contributed by atoms with Crippen molar-refractivity contribution in [3.05, 3.63) is 36.5 Å². The minimum atomic E-state index is -4.27. The highest BCUT2D eigenvalue weighted by Gasteiger charge is 2.21. The Morgan fingerprint density at radius 1 is 1.14 bits per heavy atom. The number of aromatic nitrogens is 1. The van der Waals surface area contributed by atoms with Crippen molar-refractivity contribution in [1.82, 2.24) is 4.98 Å². The Balaban J connectivity index is 2.85. The summed E-state index contributed by atoms with van der Waals surface area (Å²) >= 11 is 0. The molecule has 0 saturated heterocycles. The molecule has 0 aliphatic carbocycles. The topological polar surface area (TPSA) is 70.4 Å². The lowest BCUT2D eigenvalue weighted by atomic mass is 10.2. The van der Waals surface area contributed by atoms with Crippen LogP contribution >= 0.6 is 7.60 Å². The summed E-state index contributed by atoms with van der Waals surface area (Å²) in [6, 6.07) is 8.69. The molecule has 1 heterocycles. The van der Waals surface area contributed by atoms with E-state index in [1.807, 2.05) is 6.07 Å². The van der Waals surface area contributed by atoms with Crippen LogP contribution in [0.2, 0.25) is 0 Å². The van der Waals surface area contributed by atoms with Crippen molar-refractivity contribution in [2.75, 3.05) is 0 Å². The molecular formula is C9H8NO3P. The Morgan fingerprint density at radius 3 is 2.57 bits per heavy atom. The number of hydrogen-bond donors (Lipinski definition) is 2. The average Bonchev–Trinajstić information content (AvgIpc) is 2.15. The van der Waals surface area contributed by atoms with Crippen LogP contribution in [0.1, 0.15) is 0 Å². The summed E-state index contributed by atoms with van der Waals surface area (Å²) in [6.07, 6.45) is 1.40. The van der Waals surface area contributed by atoms with E-state index in [4.69, 9.17) is 9.79 Å². The van der Waals surface area contributed by atoms with Gasteiger partial charge < -0.3 is 9.79 Å². The Morgan fingerprint density at radius 2 is 1.86 bits per heavy atom. The minimum absolute atomic E-state index is 0.157. The van der Waals surface area contributed by atoms with Crippen LogP contribution in [-0.2, 0) is 4.57 Å². The van der Waals surface area contributed by atoms with Crippen LogP contribution in [0.15, 0.2) is 36.5 Å². The minimum Gasteiger partial charge on any atom is -0.320 e. The van der Waals surface area contributed by atoms with Crippen LogP contribution in [0.3, 0.4) is 0 Å². The molecule has 0 unspecified atom stereocenters. The largest absolute Gasteiger partial charge is 0.375 e. The number of benzene rings is 1. The maximum Gasteiger partial charge on any atom is 0.375 e.